The summed E-state index contributed by atoms with van der Waals surface area (Å²) in [7, 11) is 3.42. The van der Waals surface area contributed by atoms with Crippen molar-refractivity contribution < 1.29 is 29.4 Å². The van der Waals surface area contributed by atoms with Crippen molar-refractivity contribution in [3.63, 3.8) is 0 Å². The summed E-state index contributed by atoms with van der Waals surface area (Å²) in [5.74, 6) is -1.64. The van der Waals surface area contributed by atoms with E-state index in [2.05, 4.69) is 31.9 Å². The third-order valence-corrected chi connectivity index (χ3v) is 8.16. The maximum absolute atomic E-state index is 13.7. The van der Waals surface area contributed by atoms with Crippen LogP contribution in [0.25, 0.3) is 11.1 Å². The minimum atomic E-state index is -1.08. The van der Waals surface area contributed by atoms with Crippen LogP contribution in [-0.2, 0) is 32.0 Å². The topological polar surface area (TPSA) is 233 Å². The van der Waals surface area contributed by atoms with Crippen molar-refractivity contribution in [1.82, 2.24) is 31.9 Å². The van der Waals surface area contributed by atoms with Gasteiger partial charge in [0.1, 0.15) is 23.6 Å². The predicted octanol–water partition coefficient (Wildman–Crippen LogP) is -0.891. The van der Waals surface area contributed by atoms with Crippen LogP contribution >= 0.6 is 0 Å². The number of nitrogens with one attached hydrogen (secondary N) is 6. The molecule has 0 aromatic heterocycles. The van der Waals surface area contributed by atoms with E-state index in [0.717, 1.165) is 11.1 Å². The summed E-state index contributed by atoms with van der Waals surface area (Å²) < 4.78 is 0. The Balaban J connectivity index is 1.88. The van der Waals surface area contributed by atoms with Crippen LogP contribution < -0.4 is 43.4 Å². The number of benzene rings is 2. The minimum Gasteiger partial charge on any atom is -0.508 e. The lowest BCUT2D eigenvalue weighted by Crippen LogP contribution is -2.57. The molecule has 0 unspecified atom stereocenters. The molecule has 14 nitrogen and oxygen atoms in total. The molecule has 1 aliphatic heterocycles. The highest BCUT2D eigenvalue weighted by Gasteiger charge is 2.30. The van der Waals surface area contributed by atoms with Gasteiger partial charge in [-0.1, -0.05) is 12.1 Å². The van der Waals surface area contributed by atoms with E-state index in [1.807, 2.05) is 0 Å². The zero-order valence-corrected chi connectivity index (χ0v) is 27.2. The molecule has 0 saturated heterocycles. The number of amides is 4. The van der Waals surface area contributed by atoms with E-state index in [1.165, 1.54) is 6.07 Å². The van der Waals surface area contributed by atoms with Gasteiger partial charge in [0, 0.05) is 44.9 Å². The highest BCUT2D eigenvalue weighted by atomic mass is 16.3. The SMILES string of the molecule is CNCCC[C@@H]1NC(=O)[C@@H](NC)Cc2cc(ccc2O)-c2ccc(O)c(c2)C[C@@H](C(=O)NCCC[C@H](N)CC(=O)NCCN)NC1=O. The summed E-state index contributed by atoms with van der Waals surface area (Å²) in [5.41, 5.74) is 13.9. The fraction of sp³-hybridized carbons (Fsp3) is 0.515. The summed E-state index contributed by atoms with van der Waals surface area (Å²) >= 11 is 0. The lowest BCUT2D eigenvalue weighted by Gasteiger charge is -2.25. The first-order valence-electron chi connectivity index (χ1n) is 16.1. The number of phenolic OH excluding ortho intramolecular Hbond substituents is 2. The zero-order chi connectivity index (χ0) is 34.3. The van der Waals surface area contributed by atoms with Gasteiger partial charge in [0.25, 0.3) is 0 Å². The van der Waals surface area contributed by atoms with E-state index in [-0.39, 0.29) is 43.2 Å². The first-order valence-corrected chi connectivity index (χ1v) is 16.1. The van der Waals surface area contributed by atoms with Crippen molar-refractivity contribution in [3.8, 4) is 22.6 Å². The van der Waals surface area contributed by atoms with E-state index in [4.69, 9.17) is 11.5 Å². The first-order chi connectivity index (χ1) is 22.6. The van der Waals surface area contributed by atoms with Crippen molar-refractivity contribution in [3.05, 3.63) is 47.5 Å². The van der Waals surface area contributed by atoms with Gasteiger partial charge in [-0.3, -0.25) is 19.2 Å². The van der Waals surface area contributed by atoms with Crippen molar-refractivity contribution in [1.29, 1.82) is 0 Å². The quantitative estimate of drug-likeness (QED) is 0.113. The molecule has 4 amide bonds. The standard InChI is InChI=1S/C33H50N8O6/c1-36-12-4-6-25-32(46)41-27(31(45)39-13-3-5-24(35)19-30(44)38-14-11-34)18-23-16-21(8-10-29(23)43)20-7-9-28(42)22(15-20)17-26(37-2)33(47)40-25/h7-10,15-16,24-27,36-37,42-43H,3-6,11-14,17-19,34-35H2,1-2H3,(H,38,44)(H,39,45)(H,40,47)(H,41,46)/t24-,25-,26-,27-/m0/s1. The number of carbonyl (C=O) groups excluding carboxylic acids is 4. The van der Waals surface area contributed by atoms with Gasteiger partial charge in [0.15, 0.2) is 0 Å². The number of hydrogen-bond acceptors (Lipinski definition) is 10. The molecule has 0 spiro atoms. The molecular formula is C33H50N8O6. The lowest BCUT2D eigenvalue weighted by molar-refractivity contribution is -0.132. The molecule has 0 saturated carbocycles. The van der Waals surface area contributed by atoms with E-state index < -0.39 is 41.9 Å². The number of aromatic hydroxyl groups is 2. The van der Waals surface area contributed by atoms with Crippen LogP contribution in [0.5, 0.6) is 11.5 Å². The van der Waals surface area contributed by atoms with Gasteiger partial charge in [-0.25, -0.2) is 0 Å². The Morgan fingerprint density at radius 2 is 1.55 bits per heavy atom. The Morgan fingerprint density at radius 3 is 2.17 bits per heavy atom. The van der Waals surface area contributed by atoms with Crippen molar-refractivity contribution in [2.24, 2.45) is 11.5 Å². The predicted molar refractivity (Wildman–Crippen MR) is 179 cm³/mol. The maximum atomic E-state index is 13.7. The average Bonchev–Trinajstić information content (AvgIpc) is 3.05. The zero-order valence-electron chi connectivity index (χ0n) is 27.2. The van der Waals surface area contributed by atoms with Crippen LogP contribution in [-0.4, -0.2) is 98.3 Å². The Labute approximate surface area is 275 Å². The number of fused-ring (bicyclic) bond motifs is 5. The molecule has 258 valence electrons. The fourth-order valence-electron chi connectivity index (χ4n) is 5.45. The second-order valence-electron chi connectivity index (χ2n) is 11.8. The van der Waals surface area contributed by atoms with Crippen molar-refractivity contribution in [2.45, 2.75) is 69.1 Å². The number of hydrogen-bond donors (Lipinski definition) is 10. The molecular weight excluding hydrogens is 604 g/mol. The number of likely N-dealkylation sites (N-methyl/N-ethyl adjacent to an activating group) is 1. The third kappa shape index (κ3) is 11.5. The molecule has 0 fully saturated rings. The second kappa shape index (κ2) is 18.8. The van der Waals surface area contributed by atoms with Crippen LogP contribution in [0, 0.1) is 0 Å². The van der Waals surface area contributed by atoms with Crippen LogP contribution in [0.2, 0.25) is 0 Å². The largest absolute Gasteiger partial charge is 0.508 e. The van der Waals surface area contributed by atoms with Gasteiger partial charge in [-0.15, -0.1) is 0 Å². The normalized spacial score (nSPS) is 19.0. The van der Waals surface area contributed by atoms with Crippen molar-refractivity contribution in [2.75, 3.05) is 40.3 Å². The summed E-state index contributed by atoms with van der Waals surface area (Å²) in [4.78, 5) is 52.6. The molecule has 12 N–H and O–H groups in total. The first kappa shape index (κ1) is 37.2. The molecule has 4 bridgehead atoms. The molecule has 1 heterocycles. The van der Waals surface area contributed by atoms with E-state index >= 15 is 0 Å². The fourth-order valence-corrected chi connectivity index (χ4v) is 5.45. The van der Waals surface area contributed by atoms with Gasteiger partial charge in [0.05, 0.1) is 6.04 Å². The Morgan fingerprint density at radius 1 is 0.894 bits per heavy atom. The molecule has 47 heavy (non-hydrogen) atoms. The summed E-state index contributed by atoms with van der Waals surface area (Å²) in [6, 6.07) is 6.89. The number of carbonyl (C=O) groups is 4. The third-order valence-electron chi connectivity index (χ3n) is 8.16. The second-order valence-corrected chi connectivity index (χ2v) is 11.8. The van der Waals surface area contributed by atoms with Gasteiger partial charge in [-0.2, -0.15) is 0 Å². The van der Waals surface area contributed by atoms with E-state index in [9.17, 15) is 29.4 Å². The monoisotopic (exact) mass is 654 g/mol. The number of nitrogens with two attached hydrogens (primary N) is 2. The lowest BCUT2D eigenvalue weighted by atomic mass is 9.95. The summed E-state index contributed by atoms with van der Waals surface area (Å²) in [5, 5.41) is 38.6. The summed E-state index contributed by atoms with van der Waals surface area (Å²) in [6.07, 6.45) is 2.13. The van der Waals surface area contributed by atoms with Crippen LogP contribution in [0.15, 0.2) is 36.4 Å². The molecule has 14 heteroatoms. The van der Waals surface area contributed by atoms with Crippen LogP contribution in [0.1, 0.15) is 43.2 Å². The number of phenols is 2. The molecule has 1 aliphatic rings. The van der Waals surface area contributed by atoms with Gasteiger partial charge >= 0.3 is 0 Å². The molecule has 2 aromatic rings. The van der Waals surface area contributed by atoms with Gasteiger partial charge in [0.2, 0.25) is 23.6 Å². The Bertz CT molecular complexity index is 1370. The van der Waals surface area contributed by atoms with E-state index in [0.29, 0.717) is 56.4 Å². The molecule has 2 aromatic carbocycles. The van der Waals surface area contributed by atoms with Crippen LogP contribution in [0.3, 0.4) is 0 Å². The molecule has 3 rings (SSSR count). The minimum absolute atomic E-state index is 0.0284. The highest BCUT2D eigenvalue weighted by molar-refractivity contribution is 5.93. The molecule has 4 atom stereocenters. The Kier molecular flexibility index (Phi) is 14.9. The van der Waals surface area contributed by atoms with Crippen LogP contribution in [0.4, 0.5) is 0 Å². The number of rotatable bonds is 14. The molecule has 0 aliphatic carbocycles. The smallest absolute Gasteiger partial charge is 0.243 e. The van der Waals surface area contributed by atoms with Crippen molar-refractivity contribution >= 4 is 23.6 Å². The summed E-state index contributed by atoms with van der Waals surface area (Å²) in [6.45, 7) is 1.57. The maximum Gasteiger partial charge on any atom is 0.243 e. The highest BCUT2D eigenvalue weighted by Crippen LogP contribution is 2.31. The van der Waals surface area contributed by atoms with Gasteiger partial charge in [-0.05, 0) is 92.8 Å². The molecule has 0 radical (unpaired) electrons. The van der Waals surface area contributed by atoms with E-state index in [1.54, 1.807) is 44.4 Å². The Hall–Kier alpha value is -4.24. The average molecular weight is 655 g/mol. The van der Waals surface area contributed by atoms with Gasteiger partial charge < -0.3 is 53.6 Å².